The first-order valence-electron chi connectivity index (χ1n) is 9.58. The molecule has 1 aromatic carbocycles. The predicted octanol–water partition coefficient (Wildman–Crippen LogP) is 3.13. The van der Waals surface area contributed by atoms with Crippen LogP contribution in [-0.2, 0) is 11.2 Å². The molecule has 0 aliphatic carbocycles. The van der Waals surface area contributed by atoms with Crippen molar-refractivity contribution in [2.45, 2.75) is 25.7 Å². The first kappa shape index (κ1) is 19.0. The molecule has 6 nitrogen and oxygen atoms in total. The van der Waals surface area contributed by atoms with Gasteiger partial charge in [0.1, 0.15) is 11.6 Å². The fraction of sp³-hybridized carbons (Fsp3) is 0.273. The van der Waals surface area contributed by atoms with Crippen LogP contribution in [0.15, 0.2) is 48.7 Å². The highest BCUT2D eigenvalue weighted by molar-refractivity contribution is 5.80. The molecule has 1 saturated heterocycles. The quantitative estimate of drug-likeness (QED) is 0.739. The molecule has 148 valence electrons. The van der Waals surface area contributed by atoms with Crippen LogP contribution in [0.5, 0.6) is 0 Å². The van der Waals surface area contributed by atoms with E-state index in [2.05, 4.69) is 15.0 Å². The van der Waals surface area contributed by atoms with E-state index in [0.717, 1.165) is 23.5 Å². The zero-order valence-corrected chi connectivity index (χ0v) is 16.2. The van der Waals surface area contributed by atoms with Crippen molar-refractivity contribution in [1.29, 1.82) is 0 Å². The number of nitrogens with two attached hydrogens (primary N) is 1. The number of aromatic nitrogens is 3. The number of benzene rings is 1. The molecule has 1 amide bonds. The van der Waals surface area contributed by atoms with Crippen molar-refractivity contribution >= 4 is 11.6 Å². The molecule has 0 spiro atoms. The number of amides is 1. The first-order chi connectivity index (χ1) is 14.0. The highest BCUT2D eigenvalue weighted by atomic mass is 19.1. The number of halogens is 1. The van der Waals surface area contributed by atoms with Gasteiger partial charge in [0.05, 0.1) is 23.5 Å². The molecule has 3 aromatic rings. The van der Waals surface area contributed by atoms with Gasteiger partial charge in [-0.15, -0.1) is 0 Å². The minimum atomic E-state index is -0.305. The molecule has 1 unspecified atom stereocenters. The Morgan fingerprint density at radius 1 is 1.17 bits per heavy atom. The van der Waals surface area contributed by atoms with Crippen LogP contribution in [0.2, 0.25) is 0 Å². The predicted molar refractivity (Wildman–Crippen MR) is 108 cm³/mol. The third-order valence-electron chi connectivity index (χ3n) is 5.19. The van der Waals surface area contributed by atoms with E-state index in [9.17, 15) is 9.18 Å². The molecule has 1 aliphatic heterocycles. The summed E-state index contributed by atoms with van der Waals surface area (Å²) in [7, 11) is 0. The molecule has 3 heterocycles. The molecule has 2 N–H and O–H groups in total. The fourth-order valence-electron chi connectivity index (χ4n) is 3.55. The van der Waals surface area contributed by atoms with Crippen LogP contribution in [0.3, 0.4) is 0 Å². The topological polar surface area (TPSA) is 85.0 Å². The molecule has 1 atom stereocenters. The van der Waals surface area contributed by atoms with E-state index in [-0.39, 0.29) is 24.1 Å². The molecule has 4 rings (SSSR count). The SMILES string of the molecule is Cc1ccnc(C2CCN(C(=O)Cc3nc(-c4ccc(F)cc4)ccc3N)C2)n1. The highest BCUT2D eigenvalue weighted by Gasteiger charge is 2.29. The maximum atomic E-state index is 13.2. The number of nitrogen functional groups attached to an aromatic ring is 1. The van der Waals surface area contributed by atoms with Gasteiger partial charge in [-0.1, -0.05) is 0 Å². The summed E-state index contributed by atoms with van der Waals surface area (Å²) < 4.78 is 13.2. The van der Waals surface area contributed by atoms with Crippen molar-refractivity contribution in [3.63, 3.8) is 0 Å². The maximum absolute atomic E-state index is 13.2. The molecule has 1 fully saturated rings. The molecule has 0 saturated carbocycles. The van der Waals surface area contributed by atoms with Gasteiger partial charge in [0.15, 0.2) is 0 Å². The van der Waals surface area contributed by atoms with E-state index in [1.807, 2.05) is 17.9 Å². The van der Waals surface area contributed by atoms with Crippen LogP contribution < -0.4 is 5.73 Å². The van der Waals surface area contributed by atoms with Gasteiger partial charge in [0.2, 0.25) is 5.91 Å². The maximum Gasteiger partial charge on any atom is 0.228 e. The molecular formula is C22H22FN5O. The normalized spacial score (nSPS) is 16.2. The van der Waals surface area contributed by atoms with Gasteiger partial charge >= 0.3 is 0 Å². The monoisotopic (exact) mass is 391 g/mol. The number of nitrogens with zero attached hydrogens (tertiary/aromatic N) is 4. The van der Waals surface area contributed by atoms with Crippen LogP contribution in [0.25, 0.3) is 11.3 Å². The Labute approximate surface area is 168 Å². The Kier molecular flexibility index (Phi) is 5.20. The number of rotatable bonds is 4. The van der Waals surface area contributed by atoms with Gasteiger partial charge in [-0.05, 0) is 55.8 Å². The van der Waals surface area contributed by atoms with Gasteiger partial charge in [0.25, 0.3) is 0 Å². The average molecular weight is 391 g/mol. The van der Waals surface area contributed by atoms with Crippen LogP contribution in [-0.4, -0.2) is 38.8 Å². The summed E-state index contributed by atoms with van der Waals surface area (Å²) in [5.74, 6) is 0.613. The molecule has 0 bridgehead atoms. The summed E-state index contributed by atoms with van der Waals surface area (Å²) >= 11 is 0. The Hall–Kier alpha value is -3.35. The Morgan fingerprint density at radius 2 is 1.97 bits per heavy atom. The van der Waals surface area contributed by atoms with Gasteiger partial charge in [-0.3, -0.25) is 9.78 Å². The lowest BCUT2D eigenvalue weighted by atomic mass is 10.1. The highest BCUT2D eigenvalue weighted by Crippen LogP contribution is 2.26. The number of pyridine rings is 1. The van der Waals surface area contributed by atoms with E-state index in [4.69, 9.17) is 5.73 Å². The van der Waals surface area contributed by atoms with Crippen LogP contribution in [0.4, 0.5) is 10.1 Å². The minimum Gasteiger partial charge on any atom is -0.397 e. The second-order valence-electron chi connectivity index (χ2n) is 7.30. The minimum absolute atomic E-state index is 0.0180. The molecule has 2 aromatic heterocycles. The van der Waals surface area contributed by atoms with Crippen LogP contribution in [0, 0.1) is 12.7 Å². The summed E-state index contributed by atoms with van der Waals surface area (Å²) in [4.78, 5) is 28.1. The lowest BCUT2D eigenvalue weighted by molar-refractivity contribution is -0.129. The summed E-state index contributed by atoms with van der Waals surface area (Å²) in [6.07, 6.45) is 2.73. The summed E-state index contributed by atoms with van der Waals surface area (Å²) in [5.41, 5.74) is 9.43. The number of hydrogen-bond donors (Lipinski definition) is 1. The lowest BCUT2D eigenvalue weighted by Gasteiger charge is -2.17. The van der Waals surface area contributed by atoms with E-state index in [1.165, 1.54) is 12.1 Å². The molecule has 0 radical (unpaired) electrons. The van der Waals surface area contributed by atoms with Crippen molar-refractivity contribution in [3.8, 4) is 11.3 Å². The fourth-order valence-corrected chi connectivity index (χ4v) is 3.55. The van der Waals surface area contributed by atoms with Gasteiger partial charge in [-0.25, -0.2) is 14.4 Å². The largest absolute Gasteiger partial charge is 0.397 e. The second kappa shape index (κ2) is 7.95. The third kappa shape index (κ3) is 4.23. The number of aryl methyl sites for hydroxylation is 1. The van der Waals surface area contributed by atoms with Crippen LogP contribution in [0.1, 0.15) is 29.6 Å². The van der Waals surface area contributed by atoms with Crippen molar-refractivity contribution in [2.24, 2.45) is 0 Å². The number of carbonyl (C=O) groups excluding carboxylic acids is 1. The zero-order valence-electron chi connectivity index (χ0n) is 16.2. The molecule has 29 heavy (non-hydrogen) atoms. The number of likely N-dealkylation sites (tertiary alicyclic amines) is 1. The smallest absolute Gasteiger partial charge is 0.228 e. The van der Waals surface area contributed by atoms with E-state index < -0.39 is 0 Å². The Balaban J connectivity index is 1.47. The van der Waals surface area contributed by atoms with Gasteiger partial charge in [0, 0.05) is 36.5 Å². The third-order valence-corrected chi connectivity index (χ3v) is 5.19. The lowest BCUT2D eigenvalue weighted by Crippen LogP contribution is -2.30. The Morgan fingerprint density at radius 3 is 2.72 bits per heavy atom. The van der Waals surface area contributed by atoms with E-state index in [0.29, 0.717) is 30.2 Å². The first-order valence-corrected chi connectivity index (χ1v) is 9.58. The number of hydrogen-bond acceptors (Lipinski definition) is 5. The molecule has 1 aliphatic rings. The van der Waals surface area contributed by atoms with Crippen molar-refractivity contribution in [1.82, 2.24) is 19.9 Å². The summed E-state index contributed by atoms with van der Waals surface area (Å²) in [6.45, 7) is 3.20. The van der Waals surface area contributed by atoms with E-state index >= 15 is 0 Å². The molecule has 7 heteroatoms. The van der Waals surface area contributed by atoms with E-state index in [1.54, 1.807) is 30.5 Å². The number of anilines is 1. The summed E-state index contributed by atoms with van der Waals surface area (Å²) in [5, 5.41) is 0. The number of carbonyl (C=O) groups is 1. The summed E-state index contributed by atoms with van der Waals surface area (Å²) in [6, 6.07) is 11.5. The second-order valence-corrected chi connectivity index (χ2v) is 7.30. The van der Waals surface area contributed by atoms with Crippen molar-refractivity contribution in [2.75, 3.05) is 18.8 Å². The van der Waals surface area contributed by atoms with Crippen LogP contribution >= 0.6 is 0 Å². The zero-order chi connectivity index (χ0) is 20.4. The van der Waals surface area contributed by atoms with Gasteiger partial charge in [-0.2, -0.15) is 0 Å². The van der Waals surface area contributed by atoms with Gasteiger partial charge < -0.3 is 10.6 Å². The average Bonchev–Trinajstić information content (AvgIpc) is 3.21. The van der Waals surface area contributed by atoms with Crippen molar-refractivity contribution < 1.29 is 9.18 Å². The molecular weight excluding hydrogens is 369 g/mol. The van der Waals surface area contributed by atoms with Crippen molar-refractivity contribution in [3.05, 3.63) is 71.7 Å². The standard InChI is InChI=1S/C22H22FN5O/c1-14-8-10-25-22(26-14)16-9-11-28(13-16)21(29)12-20-18(24)6-7-19(27-20)15-2-4-17(23)5-3-15/h2-8,10,16H,9,11-13,24H2,1H3. The Bertz CT molecular complexity index is 1040.